The SMILES string of the molecule is COc1ccc(C2CC2)cc1-c1ccnc(N2NC(C(N)=O)=NC2Cc2ccccc2)c1. The summed E-state index contributed by atoms with van der Waals surface area (Å²) in [5.41, 5.74) is 13.0. The van der Waals surface area contributed by atoms with Crippen LogP contribution in [0, 0.1) is 0 Å². The van der Waals surface area contributed by atoms with Crippen molar-refractivity contribution in [1.82, 2.24) is 10.4 Å². The molecule has 0 bridgehead atoms. The molecular weight excluding hydrogens is 402 g/mol. The van der Waals surface area contributed by atoms with E-state index < -0.39 is 5.91 Å². The van der Waals surface area contributed by atoms with E-state index in [1.807, 2.05) is 48.5 Å². The van der Waals surface area contributed by atoms with Gasteiger partial charge >= 0.3 is 0 Å². The zero-order valence-corrected chi connectivity index (χ0v) is 17.9. The number of aliphatic imine (C=N–C) groups is 1. The average Bonchev–Trinajstić information content (AvgIpc) is 3.59. The van der Waals surface area contributed by atoms with Crippen LogP contribution in [0.2, 0.25) is 0 Å². The van der Waals surface area contributed by atoms with Gasteiger partial charge in [0.25, 0.3) is 5.91 Å². The molecule has 162 valence electrons. The number of hydrogen-bond acceptors (Lipinski definition) is 6. The maximum absolute atomic E-state index is 11.8. The highest BCUT2D eigenvalue weighted by Crippen LogP contribution is 2.43. The number of methoxy groups -OCH3 is 1. The fourth-order valence-corrected chi connectivity index (χ4v) is 4.05. The number of ether oxygens (including phenoxy) is 1. The van der Waals surface area contributed by atoms with Crippen LogP contribution in [-0.4, -0.2) is 30.0 Å². The Balaban J connectivity index is 1.49. The van der Waals surface area contributed by atoms with E-state index in [-0.39, 0.29) is 12.0 Å². The molecule has 5 rings (SSSR count). The number of rotatable bonds is 7. The summed E-state index contributed by atoms with van der Waals surface area (Å²) < 4.78 is 5.64. The van der Waals surface area contributed by atoms with Crippen LogP contribution in [0.15, 0.2) is 71.9 Å². The molecule has 1 aliphatic heterocycles. The van der Waals surface area contributed by atoms with E-state index in [0.717, 1.165) is 22.4 Å². The molecule has 2 aromatic carbocycles. The standard InChI is InChI=1S/C25H25N5O2/c1-32-21-10-9-18(17-7-8-17)14-20(21)19-11-12-27-22(15-19)30-23(28-25(29-30)24(26)31)13-16-5-3-2-4-6-16/h2-6,9-12,14-15,17,23H,7-8,13H2,1H3,(H2,26,31)(H,28,29). The summed E-state index contributed by atoms with van der Waals surface area (Å²) in [6, 6.07) is 20.4. The Bertz CT molecular complexity index is 1170. The number of carbonyl (C=O) groups excluding carboxylic acids is 1. The van der Waals surface area contributed by atoms with E-state index in [1.165, 1.54) is 18.4 Å². The van der Waals surface area contributed by atoms with Gasteiger partial charge in [0.2, 0.25) is 5.84 Å². The molecule has 1 saturated carbocycles. The third-order valence-corrected chi connectivity index (χ3v) is 5.87. The minimum absolute atomic E-state index is 0.131. The first-order chi connectivity index (χ1) is 15.6. The van der Waals surface area contributed by atoms with Crippen LogP contribution in [0.5, 0.6) is 5.75 Å². The van der Waals surface area contributed by atoms with E-state index in [9.17, 15) is 4.79 Å². The molecule has 3 N–H and O–H groups in total. The number of nitrogens with two attached hydrogens (primary N) is 1. The highest BCUT2D eigenvalue weighted by Gasteiger charge is 2.30. The smallest absolute Gasteiger partial charge is 0.285 e. The first-order valence-electron chi connectivity index (χ1n) is 10.7. The first kappa shape index (κ1) is 20.1. The molecule has 0 radical (unpaired) electrons. The highest BCUT2D eigenvalue weighted by atomic mass is 16.5. The van der Waals surface area contributed by atoms with Crippen LogP contribution < -0.4 is 20.9 Å². The van der Waals surface area contributed by atoms with Gasteiger partial charge in [-0.3, -0.25) is 10.2 Å². The van der Waals surface area contributed by atoms with E-state index >= 15 is 0 Å². The lowest BCUT2D eigenvalue weighted by Crippen LogP contribution is -2.45. The van der Waals surface area contributed by atoms with Crippen LogP contribution >= 0.6 is 0 Å². The maximum atomic E-state index is 11.8. The number of hydrogen-bond donors (Lipinski definition) is 2. The van der Waals surface area contributed by atoms with Crippen molar-refractivity contribution in [3.63, 3.8) is 0 Å². The van der Waals surface area contributed by atoms with Gasteiger partial charge in [0, 0.05) is 18.2 Å². The van der Waals surface area contributed by atoms with Gasteiger partial charge in [0.15, 0.2) is 0 Å². The Hall–Kier alpha value is -3.87. The van der Waals surface area contributed by atoms with Crippen LogP contribution in [0.3, 0.4) is 0 Å². The monoisotopic (exact) mass is 427 g/mol. The number of nitrogens with one attached hydrogen (secondary N) is 1. The Morgan fingerprint density at radius 1 is 1.16 bits per heavy atom. The molecule has 1 fully saturated rings. The van der Waals surface area contributed by atoms with E-state index in [1.54, 1.807) is 18.3 Å². The Kier molecular flexibility index (Phi) is 5.23. The van der Waals surface area contributed by atoms with Crippen molar-refractivity contribution in [3.05, 3.63) is 78.0 Å². The molecular formula is C25H25N5O2. The summed E-state index contributed by atoms with van der Waals surface area (Å²) in [6.07, 6.45) is 4.50. The number of amides is 1. The first-order valence-corrected chi connectivity index (χ1v) is 10.7. The van der Waals surface area contributed by atoms with Crippen molar-refractivity contribution in [1.29, 1.82) is 0 Å². The van der Waals surface area contributed by atoms with Crippen LogP contribution in [0.25, 0.3) is 11.1 Å². The second kappa shape index (κ2) is 8.34. The van der Waals surface area contributed by atoms with Crippen molar-refractivity contribution >= 4 is 17.6 Å². The number of primary amides is 1. The van der Waals surface area contributed by atoms with Gasteiger partial charge < -0.3 is 10.5 Å². The van der Waals surface area contributed by atoms with Crippen LogP contribution in [-0.2, 0) is 11.2 Å². The largest absolute Gasteiger partial charge is 0.496 e. The second-order valence-electron chi connectivity index (χ2n) is 8.13. The van der Waals surface area contributed by atoms with Crippen molar-refractivity contribution in [2.75, 3.05) is 12.1 Å². The van der Waals surface area contributed by atoms with Crippen LogP contribution in [0.4, 0.5) is 5.82 Å². The van der Waals surface area contributed by atoms with Crippen LogP contribution in [0.1, 0.15) is 29.9 Å². The number of aromatic nitrogens is 1. The molecule has 2 aliphatic rings. The van der Waals surface area contributed by atoms with E-state index in [2.05, 4.69) is 27.5 Å². The summed E-state index contributed by atoms with van der Waals surface area (Å²) in [4.78, 5) is 20.9. The number of pyridine rings is 1. The van der Waals surface area contributed by atoms with Gasteiger partial charge in [-0.15, -0.1) is 0 Å². The molecule has 2 heterocycles. The van der Waals surface area contributed by atoms with Gasteiger partial charge in [0.1, 0.15) is 17.7 Å². The number of amidine groups is 1. The molecule has 0 saturated heterocycles. The molecule has 7 nitrogen and oxygen atoms in total. The summed E-state index contributed by atoms with van der Waals surface area (Å²) in [5, 5.41) is 1.80. The quantitative estimate of drug-likeness (QED) is 0.603. The van der Waals surface area contributed by atoms with E-state index in [0.29, 0.717) is 18.2 Å². The van der Waals surface area contributed by atoms with Crippen molar-refractivity contribution in [3.8, 4) is 16.9 Å². The fourth-order valence-electron chi connectivity index (χ4n) is 4.05. The van der Waals surface area contributed by atoms with Crippen molar-refractivity contribution < 1.29 is 9.53 Å². The predicted octanol–water partition coefficient (Wildman–Crippen LogP) is 3.41. The summed E-state index contributed by atoms with van der Waals surface area (Å²) in [6.45, 7) is 0. The molecule has 32 heavy (non-hydrogen) atoms. The van der Waals surface area contributed by atoms with Crippen molar-refractivity contribution in [2.24, 2.45) is 10.7 Å². The number of anilines is 1. The minimum atomic E-state index is -0.597. The highest BCUT2D eigenvalue weighted by molar-refractivity contribution is 6.38. The molecule has 0 spiro atoms. The summed E-state index contributed by atoms with van der Waals surface area (Å²) >= 11 is 0. The Morgan fingerprint density at radius 3 is 2.69 bits per heavy atom. The van der Waals surface area contributed by atoms with Gasteiger partial charge in [-0.2, -0.15) is 0 Å². The topological polar surface area (TPSA) is 92.8 Å². The lowest BCUT2D eigenvalue weighted by atomic mass is 10.0. The zero-order valence-electron chi connectivity index (χ0n) is 17.9. The number of carbonyl (C=O) groups is 1. The fraction of sp³-hybridized carbons (Fsp3) is 0.240. The maximum Gasteiger partial charge on any atom is 0.285 e. The molecule has 1 unspecified atom stereocenters. The van der Waals surface area contributed by atoms with Gasteiger partial charge in [-0.25, -0.2) is 15.0 Å². The minimum Gasteiger partial charge on any atom is -0.496 e. The van der Waals surface area contributed by atoms with E-state index in [4.69, 9.17) is 10.5 Å². The predicted molar refractivity (Wildman–Crippen MR) is 124 cm³/mol. The van der Waals surface area contributed by atoms with Gasteiger partial charge in [-0.05, 0) is 59.7 Å². The van der Waals surface area contributed by atoms with Crippen molar-refractivity contribution in [2.45, 2.75) is 31.3 Å². The lowest BCUT2D eigenvalue weighted by Gasteiger charge is -2.24. The Morgan fingerprint density at radius 2 is 1.97 bits per heavy atom. The molecule has 1 atom stereocenters. The third-order valence-electron chi connectivity index (χ3n) is 5.87. The normalized spacial score (nSPS) is 17.6. The average molecular weight is 428 g/mol. The number of hydrazine groups is 1. The molecule has 1 aliphatic carbocycles. The third kappa shape index (κ3) is 4.01. The number of benzene rings is 2. The summed E-state index contributed by atoms with van der Waals surface area (Å²) in [5.74, 6) is 1.65. The van der Waals surface area contributed by atoms with Gasteiger partial charge in [0.05, 0.1) is 7.11 Å². The molecule has 1 aromatic heterocycles. The molecule has 7 heteroatoms. The second-order valence-corrected chi connectivity index (χ2v) is 8.13. The zero-order chi connectivity index (χ0) is 22.1. The molecule has 3 aromatic rings. The summed E-state index contributed by atoms with van der Waals surface area (Å²) in [7, 11) is 1.68. The van der Waals surface area contributed by atoms with Gasteiger partial charge in [-0.1, -0.05) is 36.4 Å². The molecule has 1 amide bonds. The lowest BCUT2D eigenvalue weighted by molar-refractivity contribution is -0.112. The number of nitrogens with zero attached hydrogens (tertiary/aromatic N) is 3. The Labute approximate surface area is 186 Å².